The first-order valence-corrected chi connectivity index (χ1v) is 17.5. The number of nitrogens with one attached hydrogen (secondary N) is 1. The summed E-state index contributed by atoms with van der Waals surface area (Å²) in [5.41, 5.74) is 4.98. The maximum atomic E-state index is 14.7. The van der Waals surface area contributed by atoms with Gasteiger partial charge in [-0.15, -0.1) is 0 Å². The Morgan fingerprint density at radius 3 is 2.04 bits per heavy atom. The molecule has 0 bridgehead atoms. The van der Waals surface area contributed by atoms with Crippen molar-refractivity contribution in [3.05, 3.63) is 77.4 Å². The van der Waals surface area contributed by atoms with Gasteiger partial charge >= 0.3 is 0 Å². The van der Waals surface area contributed by atoms with Crippen LogP contribution in [0.3, 0.4) is 0 Å². The van der Waals surface area contributed by atoms with Crippen LogP contribution >= 0.6 is 0 Å². The van der Waals surface area contributed by atoms with Gasteiger partial charge in [0, 0.05) is 56.1 Å². The fourth-order valence-electron chi connectivity index (χ4n) is 7.17. The Morgan fingerprint density at radius 1 is 0.860 bits per heavy atom. The predicted molar refractivity (Wildman–Crippen MR) is 189 cm³/mol. The number of carbonyl (C=O) groups is 2. The average Bonchev–Trinajstić information content (AvgIpc) is 3.89. The van der Waals surface area contributed by atoms with Gasteiger partial charge in [-0.3, -0.25) is 19.4 Å². The number of amides is 2. The van der Waals surface area contributed by atoms with Crippen molar-refractivity contribution in [2.45, 2.75) is 58.3 Å². The van der Waals surface area contributed by atoms with E-state index in [-0.39, 0.29) is 25.0 Å². The first kappa shape index (κ1) is 34.1. The Morgan fingerprint density at radius 2 is 1.44 bits per heavy atom. The van der Waals surface area contributed by atoms with Gasteiger partial charge in [-0.2, -0.15) is 0 Å². The van der Waals surface area contributed by atoms with Crippen molar-refractivity contribution >= 4 is 17.5 Å². The van der Waals surface area contributed by atoms with Crippen LogP contribution in [0, 0.1) is 0 Å². The Kier molecular flexibility index (Phi) is 10.1. The zero-order valence-electron chi connectivity index (χ0n) is 29.0. The van der Waals surface area contributed by atoms with Crippen molar-refractivity contribution in [1.29, 1.82) is 0 Å². The quantitative estimate of drug-likeness (QED) is 0.245. The molecule has 4 aromatic rings. The van der Waals surface area contributed by atoms with Crippen molar-refractivity contribution in [2.75, 3.05) is 58.5 Å². The van der Waals surface area contributed by atoms with Gasteiger partial charge in [0.05, 0.1) is 43.8 Å². The molecule has 50 heavy (non-hydrogen) atoms. The predicted octanol–water partition coefficient (Wildman–Crippen LogP) is 3.21. The van der Waals surface area contributed by atoms with Crippen molar-refractivity contribution in [3.8, 4) is 22.8 Å². The molecular formula is C37H46N8O5. The van der Waals surface area contributed by atoms with Crippen LogP contribution in [0.1, 0.15) is 52.1 Å². The molecule has 2 aromatic carbocycles. The number of aliphatic hydroxyl groups excluding tert-OH is 1. The van der Waals surface area contributed by atoms with Crippen LogP contribution in [0.2, 0.25) is 0 Å². The van der Waals surface area contributed by atoms with E-state index < -0.39 is 12.3 Å². The molecule has 1 saturated heterocycles. The first-order chi connectivity index (χ1) is 24.4. The zero-order valence-corrected chi connectivity index (χ0v) is 29.0. The molecule has 1 atom stereocenters. The van der Waals surface area contributed by atoms with Crippen LogP contribution in [0.15, 0.2) is 54.6 Å². The van der Waals surface area contributed by atoms with E-state index in [1.807, 2.05) is 61.6 Å². The third-order valence-electron chi connectivity index (χ3n) is 9.79. The number of fused-ring (bicyclic) bond motifs is 2. The fraction of sp³-hybridized carbons (Fsp3) is 0.459. The number of imidazole rings is 2. The number of rotatable bonds is 11. The number of likely N-dealkylation sites (N-methyl/N-ethyl adjacent to an activating group) is 2. The molecule has 1 unspecified atom stereocenters. The van der Waals surface area contributed by atoms with Gasteiger partial charge in [0.2, 0.25) is 0 Å². The van der Waals surface area contributed by atoms with Gasteiger partial charge in [-0.05, 0) is 44.8 Å². The molecule has 1 fully saturated rings. The number of hydrogen-bond donors (Lipinski definition) is 2. The van der Waals surface area contributed by atoms with Gasteiger partial charge in [0.25, 0.3) is 11.8 Å². The standard InChI is InChI=1S/C37H46N8O5/c1-4-8-28(24-46)45(37(48)33-30-23-42(3)16-18-44(30)34(40-33)25-9-6-5-7-10-25)27-13-11-26(12-14-27)35-39-32(29-22-41(2)15-17-43(29)35)36(47)38-21-31-49-19-20-50-31/h5-7,9-14,28,31,46H,4,8,15-24H2,1-3H3,(H,38,47). The maximum Gasteiger partial charge on any atom is 0.279 e. The van der Waals surface area contributed by atoms with Crippen molar-refractivity contribution in [3.63, 3.8) is 0 Å². The summed E-state index contributed by atoms with van der Waals surface area (Å²) < 4.78 is 15.3. The molecule has 13 nitrogen and oxygen atoms in total. The van der Waals surface area contributed by atoms with E-state index in [1.165, 1.54) is 0 Å². The zero-order chi connectivity index (χ0) is 34.8. The molecule has 2 aromatic heterocycles. The van der Waals surface area contributed by atoms with Crippen molar-refractivity contribution in [1.82, 2.24) is 34.2 Å². The summed E-state index contributed by atoms with van der Waals surface area (Å²) in [6, 6.07) is 17.2. The number of carbonyl (C=O) groups excluding carboxylic acids is 2. The van der Waals surface area contributed by atoms with E-state index in [1.54, 1.807) is 4.90 Å². The minimum atomic E-state index is -0.452. The van der Waals surface area contributed by atoms with E-state index in [2.05, 4.69) is 38.2 Å². The number of hydrogen-bond acceptors (Lipinski definition) is 9. The molecule has 0 spiro atoms. The van der Waals surface area contributed by atoms with Crippen LogP contribution in [0.25, 0.3) is 22.8 Å². The third-order valence-corrected chi connectivity index (χ3v) is 9.79. The molecule has 264 valence electrons. The van der Waals surface area contributed by atoms with Crippen LogP contribution < -0.4 is 10.2 Å². The molecule has 5 heterocycles. The average molecular weight is 683 g/mol. The molecule has 0 aliphatic carbocycles. The monoisotopic (exact) mass is 682 g/mol. The highest BCUT2D eigenvalue weighted by Gasteiger charge is 2.34. The second-order valence-electron chi connectivity index (χ2n) is 13.3. The van der Waals surface area contributed by atoms with E-state index in [4.69, 9.17) is 19.4 Å². The highest BCUT2D eigenvalue weighted by Crippen LogP contribution is 2.32. The lowest BCUT2D eigenvalue weighted by atomic mass is 10.1. The third kappa shape index (κ3) is 6.71. The Bertz CT molecular complexity index is 1820. The minimum absolute atomic E-state index is 0.181. The van der Waals surface area contributed by atoms with Crippen LogP contribution in [-0.2, 0) is 35.7 Å². The summed E-state index contributed by atoms with van der Waals surface area (Å²) in [5.74, 6) is 0.974. The molecule has 0 radical (unpaired) electrons. The van der Waals surface area contributed by atoms with Crippen LogP contribution in [0.4, 0.5) is 5.69 Å². The summed E-state index contributed by atoms with van der Waals surface area (Å²) in [5, 5.41) is 13.5. The molecule has 3 aliphatic rings. The number of ether oxygens (including phenoxy) is 2. The maximum absolute atomic E-state index is 14.7. The molecule has 2 N–H and O–H groups in total. The summed E-state index contributed by atoms with van der Waals surface area (Å²) in [4.78, 5) is 44.0. The smallest absolute Gasteiger partial charge is 0.279 e. The summed E-state index contributed by atoms with van der Waals surface area (Å²) in [7, 11) is 4.08. The lowest BCUT2D eigenvalue weighted by molar-refractivity contribution is -0.0379. The van der Waals surface area contributed by atoms with E-state index in [9.17, 15) is 14.7 Å². The number of benzene rings is 2. The Labute approximate surface area is 292 Å². The largest absolute Gasteiger partial charge is 0.394 e. The molecule has 2 amide bonds. The highest BCUT2D eigenvalue weighted by molar-refractivity contribution is 6.06. The molecule has 3 aliphatic heterocycles. The Balaban J connectivity index is 1.23. The lowest BCUT2D eigenvalue weighted by Gasteiger charge is -2.31. The van der Waals surface area contributed by atoms with E-state index >= 15 is 0 Å². The number of anilines is 1. The second kappa shape index (κ2) is 14.8. The van der Waals surface area contributed by atoms with E-state index in [0.717, 1.165) is 54.4 Å². The highest BCUT2D eigenvalue weighted by atomic mass is 16.7. The molecular weight excluding hydrogens is 636 g/mol. The summed E-state index contributed by atoms with van der Waals surface area (Å²) in [6.07, 6.45) is 0.972. The fourth-order valence-corrected chi connectivity index (χ4v) is 7.17. The Hall–Kier alpha value is -4.40. The topological polar surface area (TPSA) is 130 Å². The normalized spacial score (nSPS) is 17.4. The molecule has 7 rings (SSSR count). The van der Waals surface area contributed by atoms with Gasteiger partial charge in [0.15, 0.2) is 17.7 Å². The van der Waals surface area contributed by atoms with Gasteiger partial charge in [-0.25, -0.2) is 9.97 Å². The summed E-state index contributed by atoms with van der Waals surface area (Å²) in [6.45, 7) is 7.45. The minimum Gasteiger partial charge on any atom is -0.394 e. The van der Waals surface area contributed by atoms with Crippen LogP contribution in [0.5, 0.6) is 0 Å². The second-order valence-corrected chi connectivity index (χ2v) is 13.3. The van der Waals surface area contributed by atoms with Crippen molar-refractivity contribution in [2.24, 2.45) is 0 Å². The lowest BCUT2D eigenvalue weighted by Crippen LogP contribution is -2.44. The number of nitrogens with zero attached hydrogens (tertiary/aromatic N) is 7. The number of aromatic nitrogens is 4. The van der Waals surface area contributed by atoms with Crippen LogP contribution in [-0.4, -0.2) is 112 Å². The SMILES string of the molecule is CCCC(CO)N(C(=O)c1nc(-c2ccccc2)n2c1CN(C)CC2)c1ccc(-c2nc(C(=O)NCC3OCCO3)c3n2CCN(C)C3)cc1. The summed E-state index contributed by atoms with van der Waals surface area (Å²) >= 11 is 0. The van der Waals surface area contributed by atoms with Crippen molar-refractivity contribution < 1.29 is 24.2 Å². The first-order valence-electron chi connectivity index (χ1n) is 17.5. The van der Waals surface area contributed by atoms with Gasteiger partial charge < -0.3 is 33.9 Å². The van der Waals surface area contributed by atoms with Gasteiger partial charge in [-0.1, -0.05) is 43.7 Å². The van der Waals surface area contributed by atoms with Gasteiger partial charge in [0.1, 0.15) is 11.6 Å². The number of aliphatic hydroxyl groups is 1. The van der Waals surface area contributed by atoms with E-state index in [0.29, 0.717) is 62.2 Å². The molecule has 0 saturated carbocycles. The molecule has 13 heteroatoms.